The molecule has 2 atom stereocenters. The number of pyridine rings is 1. The van der Waals surface area contributed by atoms with E-state index >= 15 is 0 Å². The van der Waals surface area contributed by atoms with Gasteiger partial charge in [0.15, 0.2) is 0 Å². The number of nitrogens with one attached hydrogen (secondary N) is 1. The van der Waals surface area contributed by atoms with Crippen LogP contribution in [0.3, 0.4) is 0 Å². The zero-order chi connectivity index (χ0) is 14.7. The van der Waals surface area contributed by atoms with E-state index in [2.05, 4.69) is 15.2 Å². The van der Waals surface area contributed by atoms with Crippen molar-refractivity contribution < 1.29 is 4.79 Å². The fourth-order valence-electron chi connectivity index (χ4n) is 3.28. The number of anilines is 2. The molecule has 7 heteroatoms. The Morgan fingerprint density at radius 1 is 1.17 bits per heavy atom. The highest BCUT2D eigenvalue weighted by Crippen LogP contribution is 2.25. The molecular formula is C16H26Cl2N4O. The molecule has 1 aliphatic heterocycles. The lowest BCUT2D eigenvalue weighted by molar-refractivity contribution is -0.119. The number of halogens is 2. The third kappa shape index (κ3) is 5.23. The molecule has 23 heavy (non-hydrogen) atoms. The molecule has 2 fully saturated rings. The lowest BCUT2D eigenvalue weighted by Gasteiger charge is -2.28. The van der Waals surface area contributed by atoms with Gasteiger partial charge in [0.2, 0.25) is 5.91 Å². The van der Waals surface area contributed by atoms with E-state index in [9.17, 15) is 4.79 Å². The molecule has 0 aromatic carbocycles. The van der Waals surface area contributed by atoms with Crippen molar-refractivity contribution in [2.45, 2.75) is 44.6 Å². The summed E-state index contributed by atoms with van der Waals surface area (Å²) in [6.45, 7) is 2.21. The summed E-state index contributed by atoms with van der Waals surface area (Å²) in [5.74, 6) is 0.742. The first-order chi connectivity index (χ1) is 10.2. The topological polar surface area (TPSA) is 71.2 Å². The summed E-state index contributed by atoms with van der Waals surface area (Å²) >= 11 is 0. The number of piperidine rings is 1. The molecule has 0 radical (unpaired) electrons. The maximum Gasteiger partial charge on any atom is 0.228 e. The fraction of sp³-hybridized carbons (Fsp3) is 0.625. The van der Waals surface area contributed by atoms with E-state index in [1.165, 1.54) is 19.3 Å². The summed E-state index contributed by atoms with van der Waals surface area (Å²) in [5, 5.41) is 2.91. The highest BCUT2D eigenvalue weighted by atomic mass is 35.5. The first kappa shape index (κ1) is 20.0. The van der Waals surface area contributed by atoms with Crippen molar-refractivity contribution in [1.82, 2.24) is 4.98 Å². The Balaban J connectivity index is 0.00000132. The molecule has 3 rings (SSSR count). The van der Waals surface area contributed by atoms with Crippen LogP contribution in [0, 0.1) is 5.92 Å². The summed E-state index contributed by atoms with van der Waals surface area (Å²) in [6.07, 6.45) is 8.31. The van der Waals surface area contributed by atoms with Crippen LogP contribution in [0.15, 0.2) is 18.3 Å². The highest BCUT2D eigenvalue weighted by Gasteiger charge is 2.27. The molecule has 1 saturated heterocycles. The number of carbonyl (C=O) groups is 1. The lowest BCUT2D eigenvalue weighted by atomic mass is 10.1. The van der Waals surface area contributed by atoms with Crippen LogP contribution in [-0.2, 0) is 4.79 Å². The van der Waals surface area contributed by atoms with Crippen molar-refractivity contribution in [3.05, 3.63) is 18.3 Å². The van der Waals surface area contributed by atoms with Gasteiger partial charge in [-0.15, -0.1) is 24.8 Å². The van der Waals surface area contributed by atoms with Crippen LogP contribution in [0.4, 0.5) is 11.5 Å². The van der Waals surface area contributed by atoms with Gasteiger partial charge in [0.25, 0.3) is 0 Å². The van der Waals surface area contributed by atoms with E-state index in [-0.39, 0.29) is 42.7 Å². The molecule has 5 nitrogen and oxygen atoms in total. The number of hydrogen-bond acceptors (Lipinski definition) is 4. The Labute approximate surface area is 150 Å². The van der Waals surface area contributed by atoms with Crippen molar-refractivity contribution in [2.24, 2.45) is 11.7 Å². The highest BCUT2D eigenvalue weighted by molar-refractivity contribution is 5.92. The Hall–Kier alpha value is -1.04. The van der Waals surface area contributed by atoms with Gasteiger partial charge in [0.1, 0.15) is 5.82 Å². The quantitative estimate of drug-likeness (QED) is 0.868. The van der Waals surface area contributed by atoms with Crippen LogP contribution in [0.25, 0.3) is 0 Å². The first-order valence-electron chi connectivity index (χ1n) is 8.00. The zero-order valence-corrected chi connectivity index (χ0v) is 14.9. The van der Waals surface area contributed by atoms with Gasteiger partial charge >= 0.3 is 0 Å². The number of hydrogen-bond donors (Lipinski definition) is 2. The minimum atomic E-state index is 0. The van der Waals surface area contributed by atoms with Gasteiger partial charge in [-0.2, -0.15) is 0 Å². The maximum absolute atomic E-state index is 12.1. The Morgan fingerprint density at radius 2 is 1.91 bits per heavy atom. The van der Waals surface area contributed by atoms with Gasteiger partial charge in [-0.05, 0) is 50.7 Å². The molecular weight excluding hydrogens is 335 g/mol. The minimum absolute atomic E-state index is 0. The number of rotatable bonds is 3. The van der Waals surface area contributed by atoms with E-state index < -0.39 is 0 Å². The van der Waals surface area contributed by atoms with Gasteiger partial charge in [-0.1, -0.05) is 0 Å². The number of amides is 1. The van der Waals surface area contributed by atoms with E-state index in [1.807, 2.05) is 18.3 Å². The van der Waals surface area contributed by atoms with E-state index in [0.29, 0.717) is 5.82 Å². The summed E-state index contributed by atoms with van der Waals surface area (Å²) in [6, 6.07) is 4.13. The average Bonchev–Trinajstić information content (AvgIpc) is 2.96. The molecule has 2 unspecified atom stereocenters. The number of nitrogens with two attached hydrogens (primary N) is 1. The first-order valence-corrected chi connectivity index (χ1v) is 8.00. The Morgan fingerprint density at radius 3 is 2.48 bits per heavy atom. The van der Waals surface area contributed by atoms with Crippen molar-refractivity contribution in [3.63, 3.8) is 0 Å². The summed E-state index contributed by atoms with van der Waals surface area (Å²) in [7, 11) is 0. The normalized spacial score (nSPS) is 23.6. The van der Waals surface area contributed by atoms with Crippen molar-refractivity contribution in [1.29, 1.82) is 0 Å². The lowest BCUT2D eigenvalue weighted by Crippen LogP contribution is -2.29. The van der Waals surface area contributed by atoms with Crippen LogP contribution in [0.1, 0.15) is 38.5 Å². The van der Waals surface area contributed by atoms with E-state index in [4.69, 9.17) is 5.73 Å². The molecule has 130 valence electrons. The van der Waals surface area contributed by atoms with Crippen LogP contribution in [0.5, 0.6) is 0 Å². The number of nitrogens with zero attached hydrogens (tertiary/aromatic N) is 2. The van der Waals surface area contributed by atoms with Gasteiger partial charge in [0.05, 0.1) is 11.9 Å². The Kier molecular flexibility index (Phi) is 8.09. The molecule has 1 aromatic heterocycles. The second-order valence-corrected chi connectivity index (χ2v) is 6.21. The second-order valence-electron chi connectivity index (χ2n) is 6.21. The number of aromatic nitrogens is 1. The zero-order valence-electron chi connectivity index (χ0n) is 13.2. The molecule has 3 N–H and O–H groups in total. The predicted octanol–water partition coefficient (Wildman–Crippen LogP) is 2.98. The molecule has 2 aliphatic rings. The van der Waals surface area contributed by atoms with Gasteiger partial charge in [-0.3, -0.25) is 4.79 Å². The molecule has 1 amide bonds. The van der Waals surface area contributed by atoms with Crippen LogP contribution in [0.2, 0.25) is 0 Å². The monoisotopic (exact) mass is 360 g/mol. The van der Waals surface area contributed by atoms with Crippen LogP contribution >= 0.6 is 24.8 Å². The van der Waals surface area contributed by atoms with Crippen LogP contribution < -0.4 is 16.0 Å². The SMILES string of the molecule is Cl.Cl.NC1CCC(C(=O)Nc2ccc(N3CCCCC3)cn2)C1. The van der Waals surface area contributed by atoms with Crippen LogP contribution in [-0.4, -0.2) is 30.0 Å². The minimum Gasteiger partial charge on any atom is -0.370 e. The molecule has 1 saturated carbocycles. The Bertz CT molecular complexity index is 491. The van der Waals surface area contributed by atoms with E-state index in [0.717, 1.165) is 38.0 Å². The van der Waals surface area contributed by atoms with Gasteiger partial charge < -0.3 is 16.0 Å². The summed E-state index contributed by atoms with van der Waals surface area (Å²) in [4.78, 5) is 18.9. The molecule has 0 bridgehead atoms. The fourth-order valence-corrected chi connectivity index (χ4v) is 3.28. The number of carbonyl (C=O) groups excluding carboxylic acids is 1. The van der Waals surface area contributed by atoms with Crippen molar-refractivity contribution in [3.8, 4) is 0 Å². The molecule has 1 aromatic rings. The molecule has 1 aliphatic carbocycles. The largest absolute Gasteiger partial charge is 0.370 e. The van der Waals surface area contributed by atoms with Gasteiger partial charge in [0, 0.05) is 25.0 Å². The van der Waals surface area contributed by atoms with Gasteiger partial charge in [-0.25, -0.2) is 4.98 Å². The third-order valence-corrected chi connectivity index (χ3v) is 4.56. The second kappa shape index (κ2) is 9.30. The van der Waals surface area contributed by atoms with E-state index in [1.54, 1.807) is 0 Å². The third-order valence-electron chi connectivity index (χ3n) is 4.56. The summed E-state index contributed by atoms with van der Waals surface area (Å²) < 4.78 is 0. The van der Waals surface area contributed by atoms with Crippen molar-refractivity contribution in [2.75, 3.05) is 23.3 Å². The molecule has 2 heterocycles. The standard InChI is InChI=1S/C16H24N4O.2ClH/c17-13-5-4-12(10-13)16(21)19-15-7-6-14(11-18-15)20-8-2-1-3-9-20;;/h6-7,11-13H,1-5,8-10,17H2,(H,18,19,21);2*1H. The smallest absolute Gasteiger partial charge is 0.228 e. The average molecular weight is 361 g/mol. The molecule has 0 spiro atoms. The predicted molar refractivity (Wildman–Crippen MR) is 98.7 cm³/mol. The van der Waals surface area contributed by atoms with Crippen molar-refractivity contribution >= 4 is 42.2 Å². The maximum atomic E-state index is 12.1. The summed E-state index contributed by atoms with van der Waals surface area (Å²) in [5.41, 5.74) is 7.01.